The number of ether oxygens (including phenoxy) is 1. The average Bonchev–Trinajstić information content (AvgIpc) is 3.39. The van der Waals surface area contributed by atoms with Crippen molar-refractivity contribution in [1.29, 1.82) is 0 Å². The first kappa shape index (κ1) is 22.5. The van der Waals surface area contributed by atoms with Crippen molar-refractivity contribution in [2.45, 2.75) is 36.6 Å². The molecule has 1 aromatic carbocycles. The minimum Gasteiger partial charge on any atom is -0.444 e. The molecule has 2 aliphatic heterocycles. The molecule has 1 unspecified atom stereocenters. The second-order valence-corrected chi connectivity index (χ2v) is 10.6. The maximum Gasteiger partial charge on any atom is 0.410 e. The molecule has 0 bridgehead atoms. The van der Waals surface area contributed by atoms with Crippen LogP contribution in [-0.2, 0) is 9.53 Å². The zero-order chi connectivity index (χ0) is 22.9. The highest BCUT2D eigenvalue weighted by Gasteiger charge is 2.31. The van der Waals surface area contributed by atoms with Crippen LogP contribution in [0.15, 0.2) is 40.6 Å². The van der Waals surface area contributed by atoms with E-state index < -0.39 is 11.0 Å². The third kappa shape index (κ3) is 5.02. The quantitative estimate of drug-likeness (QED) is 0.701. The summed E-state index contributed by atoms with van der Waals surface area (Å²) in [7, 11) is 0. The predicted molar refractivity (Wildman–Crippen MR) is 126 cm³/mol. The Morgan fingerprint density at radius 2 is 1.75 bits per heavy atom. The number of rotatable bonds is 3. The average molecular weight is 475 g/mol. The van der Waals surface area contributed by atoms with Crippen LogP contribution in [0.5, 0.6) is 0 Å². The van der Waals surface area contributed by atoms with Crippen molar-refractivity contribution >= 4 is 51.7 Å². The zero-order valence-corrected chi connectivity index (χ0v) is 19.8. The lowest BCUT2D eigenvalue weighted by atomic mass is 10.2. The lowest BCUT2D eigenvalue weighted by Gasteiger charge is -2.35. The summed E-state index contributed by atoms with van der Waals surface area (Å²) < 4.78 is 5.41. The van der Waals surface area contributed by atoms with Crippen molar-refractivity contribution in [3.05, 3.63) is 41.3 Å². The van der Waals surface area contributed by atoms with Gasteiger partial charge in [-0.15, -0.1) is 11.3 Å². The van der Waals surface area contributed by atoms with Crippen LogP contribution < -0.4 is 10.6 Å². The number of thiophene rings is 1. The van der Waals surface area contributed by atoms with Gasteiger partial charge in [-0.2, -0.15) is 0 Å². The van der Waals surface area contributed by atoms with E-state index in [-0.39, 0.29) is 17.9 Å². The molecule has 0 radical (unpaired) electrons. The molecule has 0 aliphatic carbocycles. The number of amides is 3. The number of hydrogen-bond donors (Lipinski definition) is 2. The Hall–Kier alpha value is -2.72. The van der Waals surface area contributed by atoms with Crippen LogP contribution in [0.2, 0.25) is 0 Å². The molecule has 3 heterocycles. The number of carbonyl (C=O) groups excluding carboxylic acids is 3. The summed E-state index contributed by atoms with van der Waals surface area (Å²) in [6, 6.07) is 9.49. The lowest BCUT2D eigenvalue weighted by Crippen LogP contribution is -2.51. The lowest BCUT2D eigenvalue weighted by molar-refractivity contribution is -0.115. The molecule has 0 spiro atoms. The van der Waals surface area contributed by atoms with Gasteiger partial charge in [-0.25, -0.2) is 4.79 Å². The van der Waals surface area contributed by atoms with Gasteiger partial charge in [0.2, 0.25) is 0 Å². The van der Waals surface area contributed by atoms with Gasteiger partial charge in [0, 0.05) is 36.8 Å². The Bertz CT molecular complexity index is 1000. The van der Waals surface area contributed by atoms with E-state index in [2.05, 4.69) is 10.6 Å². The minimum atomic E-state index is -0.554. The highest BCUT2D eigenvalue weighted by Crippen LogP contribution is 2.38. The number of nitrogens with one attached hydrogen (secondary N) is 2. The summed E-state index contributed by atoms with van der Waals surface area (Å²) in [4.78, 5) is 42.5. The molecule has 1 saturated heterocycles. The number of piperazine rings is 1. The fraction of sp³-hybridized carbons (Fsp3) is 0.409. The summed E-state index contributed by atoms with van der Waals surface area (Å²) in [5.41, 5.74) is 0.847. The zero-order valence-electron chi connectivity index (χ0n) is 18.2. The number of fused-ring (bicyclic) bond motifs is 1. The second kappa shape index (κ2) is 9.03. The van der Waals surface area contributed by atoms with Crippen molar-refractivity contribution in [3.8, 4) is 0 Å². The van der Waals surface area contributed by atoms with Crippen LogP contribution in [0.4, 0.5) is 15.5 Å². The molecular formula is C22H26N4O4S2. The summed E-state index contributed by atoms with van der Waals surface area (Å²) in [5.74, 6) is -0.349. The number of thioether (sulfide) groups is 1. The molecule has 2 aliphatic rings. The van der Waals surface area contributed by atoms with Crippen LogP contribution in [0.1, 0.15) is 31.1 Å². The number of anilines is 2. The molecule has 3 amide bonds. The van der Waals surface area contributed by atoms with E-state index in [1.54, 1.807) is 21.2 Å². The van der Waals surface area contributed by atoms with Gasteiger partial charge in [0.25, 0.3) is 11.8 Å². The molecule has 2 N–H and O–H groups in total. The van der Waals surface area contributed by atoms with Gasteiger partial charge in [-0.3, -0.25) is 9.59 Å². The van der Waals surface area contributed by atoms with Gasteiger partial charge in [-0.05, 0) is 44.4 Å². The monoisotopic (exact) mass is 474 g/mol. The maximum absolute atomic E-state index is 13.1. The van der Waals surface area contributed by atoms with Crippen LogP contribution in [0.25, 0.3) is 0 Å². The number of carbonyl (C=O) groups is 3. The molecule has 10 heteroatoms. The van der Waals surface area contributed by atoms with E-state index in [0.29, 0.717) is 36.7 Å². The van der Waals surface area contributed by atoms with E-state index in [1.165, 1.54) is 23.1 Å². The van der Waals surface area contributed by atoms with Gasteiger partial charge < -0.3 is 25.2 Å². The van der Waals surface area contributed by atoms with Crippen molar-refractivity contribution in [3.63, 3.8) is 0 Å². The summed E-state index contributed by atoms with van der Waals surface area (Å²) in [6.45, 7) is 7.13. The Morgan fingerprint density at radius 1 is 1.06 bits per heavy atom. The van der Waals surface area contributed by atoms with Crippen molar-refractivity contribution in [2.75, 3.05) is 36.8 Å². The van der Waals surface area contributed by atoms with E-state index >= 15 is 0 Å². The highest BCUT2D eigenvalue weighted by molar-refractivity contribution is 8.01. The van der Waals surface area contributed by atoms with Crippen molar-refractivity contribution in [2.24, 2.45) is 0 Å². The molecule has 2 aromatic rings. The number of benzene rings is 1. The van der Waals surface area contributed by atoms with Gasteiger partial charge in [0.1, 0.15) is 10.6 Å². The third-order valence-corrected chi connectivity index (χ3v) is 7.01. The van der Waals surface area contributed by atoms with E-state index in [1.807, 2.05) is 45.0 Å². The first-order valence-corrected chi connectivity index (χ1v) is 12.1. The molecule has 0 saturated carbocycles. The highest BCUT2D eigenvalue weighted by atomic mass is 32.2. The summed E-state index contributed by atoms with van der Waals surface area (Å²) >= 11 is 2.78. The molecule has 170 valence electrons. The first-order chi connectivity index (χ1) is 15.2. The van der Waals surface area contributed by atoms with Crippen LogP contribution in [-0.4, -0.2) is 64.9 Å². The largest absolute Gasteiger partial charge is 0.444 e. The Morgan fingerprint density at radius 3 is 2.44 bits per heavy atom. The maximum atomic E-state index is 13.1. The summed E-state index contributed by atoms with van der Waals surface area (Å²) in [6.07, 6.45) is -0.365. The normalized spacial score (nSPS) is 18.0. The van der Waals surface area contributed by atoms with Crippen LogP contribution >= 0.6 is 23.1 Å². The molecular weight excluding hydrogens is 448 g/mol. The van der Waals surface area contributed by atoms with Crippen molar-refractivity contribution in [1.82, 2.24) is 9.80 Å². The number of nitrogens with zero attached hydrogens (tertiary/aromatic N) is 2. The van der Waals surface area contributed by atoms with Gasteiger partial charge in [-0.1, -0.05) is 23.9 Å². The topological polar surface area (TPSA) is 91.0 Å². The molecule has 1 atom stereocenters. The molecule has 32 heavy (non-hydrogen) atoms. The smallest absolute Gasteiger partial charge is 0.410 e. The minimum absolute atomic E-state index is 0.152. The molecule has 4 rings (SSSR count). The summed E-state index contributed by atoms with van der Waals surface area (Å²) in [5, 5.41) is 7.99. The first-order valence-electron chi connectivity index (χ1n) is 10.4. The Kier molecular flexibility index (Phi) is 6.34. The standard InChI is InChI=1S/C22H26N4O4S2/c1-22(2,3)30-21(29)26-11-9-25(10-12-26)20(28)14-8-13-31-18(14)24-17(27)19-23-15-6-4-5-7-16(15)32-19/h4-8,13,19,23H,9-12H2,1-3H3,(H,24,27). The second-order valence-electron chi connectivity index (χ2n) is 8.55. The number of hydrogen-bond acceptors (Lipinski definition) is 7. The number of para-hydroxylation sites is 1. The fourth-order valence-electron chi connectivity index (χ4n) is 3.45. The molecule has 1 aromatic heterocycles. The van der Waals surface area contributed by atoms with E-state index in [0.717, 1.165) is 10.6 Å². The SMILES string of the molecule is CC(C)(C)OC(=O)N1CCN(C(=O)c2ccsc2NC(=O)C2Nc3ccccc3S2)CC1. The Labute approximate surface area is 195 Å². The fourth-order valence-corrected chi connectivity index (χ4v) is 5.25. The van der Waals surface area contributed by atoms with Crippen LogP contribution in [0, 0.1) is 0 Å². The molecule has 1 fully saturated rings. The van der Waals surface area contributed by atoms with Crippen LogP contribution in [0.3, 0.4) is 0 Å². The van der Waals surface area contributed by atoms with E-state index in [9.17, 15) is 14.4 Å². The van der Waals surface area contributed by atoms with Crippen molar-refractivity contribution < 1.29 is 19.1 Å². The van der Waals surface area contributed by atoms with Gasteiger partial charge in [0.05, 0.1) is 5.56 Å². The van der Waals surface area contributed by atoms with Gasteiger partial charge in [0.15, 0.2) is 5.37 Å². The molecule has 8 nitrogen and oxygen atoms in total. The van der Waals surface area contributed by atoms with E-state index in [4.69, 9.17) is 4.74 Å². The van der Waals surface area contributed by atoms with Gasteiger partial charge >= 0.3 is 6.09 Å². The predicted octanol–water partition coefficient (Wildman–Crippen LogP) is 3.92. The third-order valence-electron chi connectivity index (χ3n) is 5.01. The Balaban J connectivity index is 1.34.